The van der Waals surface area contributed by atoms with Crippen LogP contribution < -0.4 is 5.73 Å². The molecule has 19 heavy (non-hydrogen) atoms. The lowest BCUT2D eigenvalue weighted by Crippen LogP contribution is -2.46. The van der Waals surface area contributed by atoms with Crippen LogP contribution in [-0.2, 0) is 4.74 Å². The van der Waals surface area contributed by atoms with Crippen molar-refractivity contribution in [3.63, 3.8) is 0 Å². The molecule has 2 rings (SSSR count). The number of benzene rings is 1. The summed E-state index contributed by atoms with van der Waals surface area (Å²) in [6.45, 7) is 6.33. The van der Waals surface area contributed by atoms with Crippen molar-refractivity contribution < 1.29 is 4.74 Å². The Morgan fingerprint density at radius 1 is 1.42 bits per heavy atom. The van der Waals surface area contributed by atoms with Crippen molar-refractivity contribution in [1.29, 1.82) is 0 Å². The molecule has 3 unspecified atom stereocenters. The van der Waals surface area contributed by atoms with Crippen molar-refractivity contribution >= 4 is 0 Å². The maximum Gasteiger partial charge on any atom is 0.0698 e. The van der Waals surface area contributed by atoms with Crippen molar-refractivity contribution in [3.8, 4) is 0 Å². The van der Waals surface area contributed by atoms with Crippen LogP contribution in [-0.4, -0.2) is 37.2 Å². The molecule has 1 heterocycles. The van der Waals surface area contributed by atoms with E-state index in [9.17, 15) is 0 Å². The third kappa shape index (κ3) is 3.56. The average molecular weight is 262 g/mol. The summed E-state index contributed by atoms with van der Waals surface area (Å²) in [5.74, 6) is 0. The Labute approximate surface area is 116 Å². The van der Waals surface area contributed by atoms with E-state index in [-0.39, 0.29) is 12.1 Å². The van der Waals surface area contributed by atoms with Gasteiger partial charge in [-0.25, -0.2) is 0 Å². The molecule has 1 aliphatic heterocycles. The number of ether oxygens (including phenoxy) is 1. The molecule has 0 bridgehead atoms. The van der Waals surface area contributed by atoms with Crippen LogP contribution in [0.4, 0.5) is 0 Å². The van der Waals surface area contributed by atoms with Gasteiger partial charge in [-0.2, -0.15) is 0 Å². The zero-order chi connectivity index (χ0) is 13.8. The standard InChI is InChI=1S/C16H26N2O/c1-12-6-4-7-14(10-12)16(13(2)17)18-9-5-8-15(11-18)19-3/h4,6-7,10,13,15-16H,5,8-9,11,17H2,1-3H3. The summed E-state index contributed by atoms with van der Waals surface area (Å²) in [4.78, 5) is 2.48. The van der Waals surface area contributed by atoms with Crippen LogP contribution >= 0.6 is 0 Å². The number of nitrogens with two attached hydrogens (primary N) is 1. The zero-order valence-electron chi connectivity index (χ0n) is 12.3. The van der Waals surface area contributed by atoms with E-state index in [1.54, 1.807) is 0 Å². The molecule has 1 fully saturated rings. The lowest BCUT2D eigenvalue weighted by atomic mass is 9.95. The molecule has 1 aromatic rings. The molecule has 2 N–H and O–H groups in total. The molecule has 3 nitrogen and oxygen atoms in total. The smallest absolute Gasteiger partial charge is 0.0698 e. The third-order valence-electron chi connectivity index (χ3n) is 4.02. The zero-order valence-corrected chi connectivity index (χ0v) is 12.3. The van der Waals surface area contributed by atoms with Crippen molar-refractivity contribution in [2.75, 3.05) is 20.2 Å². The molecule has 3 heteroatoms. The molecule has 0 aliphatic carbocycles. The van der Waals surface area contributed by atoms with E-state index in [2.05, 4.69) is 43.0 Å². The Morgan fingerprint density at radius 2 is 2.21 bits per heavy atom. The van der Waals surface area contributed by atoms with Gasteiger partial charge in [-0.3, -0.25) is 4.90 Å². The number of hydrogen-bond donors (Lipinski definition) is 1. The van der Waals surface area contributed by atoms with Crippen molar-refractivity contribution in [2.24, 2.45) is 5.73 Å². The van der Waals surface area contributed by atoms with Crippen LogP contribution in [0.15, 0.2) is 24.3 Å². The minimum absolute atomic E-state index is 0.123. The first-order valence-electron chi connectivity index (χ1n) is 7.21. The van der Waals surface area contributed by atoms with E-state index in [0.717, 1.165) is 19.5 Å². The predicted molar refractivity (Wildman–Crippen MR) is 79.2 cm³/mol. The van der Waals surface area contributed by atoms with Gasteiger partial charge >= 0.3 is 0 Å². The lowest BCUT2D eigenvalue weighted by Gasteiger charge is -2.39. The van der Waals surface area contributed by atoms with E-state index in [4.69, 9.17) is 10.5 Å². The van der Waals surface area contributed by atoms with Crippen LogP contribution in [0.3, 0.4) is 0 Å². The van der Waals surface area contributed by atoms with E-state index in [1.807, 2.05) is 7.11 Å². The number of rotatable bonds is 4. The Bertz CT molecular complexity index is 405. The minimum atomic E-state index is 0.123. The molecule has 0 amide bonds. The topological polar surface area (TPSA) is 38.5 Å². The van der Waals surface area contributed by atoms with Crippen LogP contribution in [0.1, 0.15) is 36.9 Å². The van der Waals surface area contributed by atoms with Gasteiger partial charge in [0.15, 0.2) is 0 Å². The van der Waals surface area contributed by atoms with Gasteiger partial charge < -0.3 is 10.5 Å². The maximum absolute atomic E-state index is 6.25. The second kappa shape index (κ2) is 6.51. The van der Waals surface area contributed by atoms with Gasteiger partial charge in [0.1, 0.15) is 0 Å². The molecule has 1 aliphatic rings. The number of nitrogens with zero attached hydrogens (tertiary/aromatic N) is 1. The minimum Gasteiger partial charge on any atom is -0.380 e. The SMILES string of the molecule is COC1CCCN(C(c2cccc(C)c2)C(C)N)C1. The quantitative estimate of drug-likeness (QED) is 0.906. The fourth-order valence-corrected chi connectivity index (χ4v) is 3.11. The first-order chi connectivity index (χ1) is 9.11. The summed E-state index contributed by atoms with van der Waals surface area (Å²) in [6.07, 6.45) is 2.69. The fraction of sp³-hybridized carbons (Fsp3) is 0.625. The molecule has 0 saturated carbocycles. The number of likely N-dealkylation sites (tertiary alicyclic amines) is 1. The Kier molecular flexibility index (Phi) is 4.97. The highest BCUT2D eigenvalue weighted by molar-refractivity contribution is 5.26. The summed E-state index contributed by atoms with van der Waals surface area (Å²) in [5, 5.41) is 0. The molecular formula is C16H26N2O. The molecule has 3 atom stereocenters. The molecule has 0 spiro atoms. The van der Waals surface area contributed by atoms with Gasteiger partial charge in [0.25, 0.3) is 0 Å². The fourth-order valence-electron chi connectivity index (χ4n) is 3.11. The Balaban J connectivity index is 2.20. The molecule has 1 aromatic carbocycles. The van der Waals surface area contributed by atoms with Crippen molar-refractivity contribution in [2.45, 2.75) is 44.9 Å². The largest absolute Gasteiger partial charge is 0.380 e. The summed E-state index contributed by atoms with van der Waals surface area (Å²) >= 11 is 0. The molecule has 0 radical (unpaired) electrons. The Morgan fingerprint density at radius 3 is 2.84 bits per heavy atom. The van der Waals surface area contributed by atoms with E-state index < -0.39 is 0 Å². The lowest BCUT2D eigenvalue weighted by molar-refractivity contribution is 0.0103. The van der Waals surface area contributed by atoms with Crippen molar-refractivity contribution in [3.05, 3.63) is 35.4 Å². The van der Waals surface area contributed by atoms with Crippen LogP contribution in [0, 0.1) is 6.92 Å². The van der Waals surface area contributed by atoms with Crippen molar-refractivity contribution in [1.82, 2.24) is 4.90 Å². The second-order valence-electron chi connectivity index (χ2n) is 5.71. The monoisotopic (exact) mass is 262 g/mol. The molecule has 106 valence electrons. The third-order valence-corrected chi connectivity index (χ3v) is 4.02. The number of aryl methyl sites for hydroxylation is 1. The van der Waals surface area contributed by atoms with Gasteiger partial charge in [-0.15, -0.1) is 0 Å². The first kappa shape index (κ1) is 14.5. The number of piperidine rings is 1. The molecular weight excluding hydrogens is 236 g/mol. The molecule has 1 saturated heterocycles. The highest BCUT2D eigenvalue weighted by Gasteiger charge is 2.29. The van der Waals surface area contributed by atoms with Gasteiger partial charge in [-0.05, 0) is 38.8 Å². The summed E-state index contributed by atoms with van der Waals surface area (Å²) < 4.78 is 5.53. The van der Waals surface area contributed by atoms with Crippen LogP contribution in [0.2, 0.25) is 0 Å². The van der Waals surface area contributed by atoms with Gasteiger partial charge in [0.2, 0.25) is 0 Å². The number of hydrogen-bond acceptors (Lipinski definition) is 3. The highest BCUT2D eigenvalue weighted by Crippen LogP contribution is 2.28. The Hall–Kier alpha value is -0.900. The predicted octanol–water partition coefficient (Wildman–Crippen LogP) is 2.49. The van der Waals surface area contributed by atoms with E-state index in [1.165, 1.54) is 17.5 Å². The van der Waals surface area contributed by atoms with Crippen LogP contribution in [0.5, 0.6) is 0 Å². The van der Waals surface area contributed by atoms with Crippen LogP contribution in [0.25, 0.3) is 0 Å². The highest BCUT2D eigenvalue weighted by atomic mass is 16.5. The van der Waals surface area contributed by atoms with Gasteiger partial charge in [0.05, 0.1) is 6.10 Å². The molecule has 0 aromatic heterocycles. The average Bonchev–Trinajstić information content (AvgIpc) is 2.39. The normalized spacial score (nSPS) is 24.1. The van der Waals surface area contributed by atoms with E-state index in [0.29, 0.717) is 6.10 Å². The van der Waals surface area contributed by atoms with E-state index >= 15 is 0 Å². The van der Waals surface area contributed by atoms with Gasteiger partial charge in [0, 0.05) is 25.7 Å². The number of methoxy groups -OCH3 is 1. The second-order valence-corrected chi connectivity index (χ2v) is 5.71. The summed E-state index contributed by atoms with van der Waals surface area (Å²) in [7, 11) is 1.81. The first-order valence-corrected chi connectivity index (χ1v) is 7.21. The van der Waals surface area contributed by atoms with Gasteiger partial charge in [-0.1, -0.05) is 29.8 Å². The summed E-state index contributed by atoms with van der Waals surface area (Å²) in [6, 6.07) is 9.12. The maximum atomic E-state index is 6.25. The summed E-state index contributed by atoms with van der Waals surface area (Å²) in [5.41, 5.74) is 8.87.